The number of hydrogen-bond acceptors (Lipinski definition) is 4. The van der Waals surface area contributed by atoms with Crippen molar-refractivity contribution in [3.63, 3.8) is 0 Å². The molecule has 28 heavy (non-hydrogen) atoms. The van der Waals surface area contributed by atoms with E-state index in [1.807, 2.05) is 54.0 Å². The van der Waals surface area contributed by atoms with Gasteiger partial charge < -0.3 is 9.88 Å². The first-order valence-corrected chi connectivity index (χ1v) is 10.6. The van der Waals surface area contributed by atoms with Crippen LogP contribution in [0, 0.1) is 0 Å². The maximum atomic E-state index is 12.3. The van der Waals surface area contributed by atoms with E-state index in [0.717, 1.165) is 23.1 Å². The lowest BCUT2D eigenvalue weighted by atomic mass is 10.0. The Labute approximate surface area is 174 Å². The summed E-state index contributed by atoms with van der Waals surface area (Å²) >= 11 is 7.36. The van der Waals surface area contributed by atoms with Crippen LogP contribution in [0.1, 0.15) is 25.3 Å². The molecule has 0 aliphatic rings. The summed E-state index contributed by atoms with van der Waals surface area (Å²) in [4.78, 5) is 12.3. The van der Waals surface area contributed by atoms with Crippen molar-refractivity contribution in [1.29, 1.82) is 0 Å². The van der Waals surface area contributed by atoms with Gasteiger partial charge in [0, 0.05) is 23.7 Å². The standard InChI is InChI=1S/C21H23ClN4OS/c1-3-26-20(17-9-11-18(22)12-10-17)24-25-21(26)28-14-19(27)23-13-15(2)16-7-5-4-6-8-16/h4-12,15H,3,13-14H2,1-2H3,(H,23,27). The fourth-order valence-electron chi connectivity index (χ4n) is 2.84. The Morgan fingerprint density at radius 2 is 1.86 bits per heavy atom. The van der Waals surface area contributed by atoms with Crippen LogP contribution in [-0.4, -0.2) is 33.0 Å². The zero-order valence-corrected chi connectivity index (χ0v) is 17.5. The lowest BCUT2D eigenvalue weighted by molar-refractivity contribution is -0.118. The number of benzene rings is 2. The van der Waals surface area contributed by atoms with Gasteiger partial charge in [-0.1, -0.05) is 60.6 Å². The topological polar surface area (TPSA) is 59.8 Å². The molecule has 3 aromatic rings. The van der Waals surface area contributed by atoms with E-state index < -0.39 is 0 Å². The van der Waals surface area contributed by atoms with Gasteiger partial charge in [0.2, 0.25) is 5.91 Å². The third kappa shape index (κ3) is 5.14. The average Bonchev–Trinajstić information content (AvgIpc) is 3.14. The number of aromatic nitrogens is 3. The third-order valence-electron chi connectivity index (χ3n) is 4.44. The van der Waals surface area contributed by atoms with Crippen molar-refractivity contribution < 1.29 is 4.79 Å². The van der Waals surface area contributed by atoms with Crippen LogP contribution in [0.15, 0.2) is 59.8 Å². The van der Waals surface area contributed by atoms with E-state index in [0.29, 0.717) is 17.3 Å². The second-order valence-corrected chi connectivity index (χ2v) is 7.84. The highest BCUT2D eigenvalue weighted by Crippen LogP contribution is 2.25. The summed E-state index contributed by atoms with van der Waals surface area (Å²) in [6, 6.07) is 17.7. The molecule has 1 aromatic heterocycles. The Hall–Kier alpha value is -2.31. The van der Waals surface area contributed by atoms with Gasteiger partial charge in [-0.2, -0.15) is 0 Å². The van der Waals surface area contributed by atoms with E-state index in [4.69, 9.17) is 11.6 Å². The predicted octanol–water partition coefficient (Wildman–Crippen LogP) is 4.63. The summed E-state index contributed by atoms with van der Waals surface area (Å²) in [5, 5.41) is 13.0. The largest absolute Gasteiger partial charge is 0.355 e. The van der Waals surface area contributed by atoms with Crippen molar-refractivity contribution in [2.45, 2.75) is 31.5 Å². The second-order valence-electron chi connectivity index (χ2n) is 6.46. The fraction of sp³-hybridized carbons (Fsp3) is 0.286. The van der Waals surface area contributed by atoms with Crippen LogP contribution in [0.4, 0.5) is 0 Å². The summed E-state index contributed by atoms with van der Waals surface area (Å²) < 4.78 is 2.01. The number of thioether (sulfide) groups is 1. The van der Waals surface area contributed by atoms with E-state index in [1.54, 1.807) is 0 Å². The van der Waals surface area contributed by atoms with E-state index in [9.17, 15) is 4.79 Å². The highest BCUT2D eigenvalue weighted by atomic mass is 35.5. The molecule has 3 rings (SSSR count). The highest BCUT2D eigenvalue weighted by molar-refractivity contribution is 7.99. The van der Waals surface area contributed by atoms with Crippen molar-refractivity contribution in [1.82, 2.24) is 20.1 Å². The Morgan fingerprint density at radius 1 is 1.14 bits per heavy atom. The maximum Gasteiger partial charge on any atom is 0.230 e. The van der Waals surface area contributed by atoms with Gasteiger partial charge in [-0.3, -0.25) is 4.79 Å². The highest BCUT2D eigenvalue weighted by Gasteiger charge is 2.15. The van der Waals surface area contributed by atoms with Crippen LogP contribution in [-0.2, 0) is 11.3 Å². The molecule has 1 amide bonds. The Morgan fingerprint density at radius 3 is 2.54 bits per heavy atom. The van der Waals surface area contributed by atoms with Crippen molar-refractivity contribution in [3.05, 3.63) is 65.2 Å². The molecule has 1 N–H and O–H groups in total. The SMILES string of the molecule is CCn1c(SCC(=O)NCC(C)c2ccccc2)nnc1-c1ccc(Cl)cc1. The summed E-state index contributed by atoms with van der Waals surface area (Å²) in [5.74, 6) is 1.34. The first-order valence-electron chi connectivity index (χ1n) is 9.22. The number of amides is 1. The number of carbonyl (C=O) groups is 1. The van der Waals surface area contributed by atoms with Gasteiger partial charge >= 0.3 is 0 Å². The molecule has 0 aliphatic heterocycles. The molecule has 1 heterocycles. The molecule has 0 bridgehead atoms. The van der Waals surface area contributed by atoms with Crippen molar-refractivity contribution in [2.24, 2.45) is 0 Å². The molecule has 5 nitrogen and oxygen atoms in total. The minimum Gasteiger partial charge on any atom is -0.355 e. The number of carbonyl (C=O) groups excluding carboxylic acids is 1. The van der Waals surface area contributed by atoms with Gasteiger partial charge in [0.05, 0.1) is 5.75 Å². The molecule has 0 spiro atoms. The second kappa shape index (κ2) is 9.75. The molecule has 0 radical (unpaired) electrons. The zero-order chi connectivity index (χ0) is 19.9. The number of nitrogens with one attached hydrogen (secondary N) is 1. The van der Waals surface area contributed by atoms with E-state index in [-0.39, 0.29) is 11.8 Å². The van der Waals surface area contributed by atoms with Crippen molar-refractivity contribution >= 4 is 29.3 Å². The van der Waals surface area contributed by atoms with Crippen molar-refractivity contribution in [3.8, 4) is 11.4 Å². The van der Waals surface area contributed by atoms with E-state index >= 15 is 0 Å². The first-order chi connectivity index (χ1) is 13.6. The fourth-order valence-corrected chi connectivity index (χ4v) is 3.80. The first kappa shape index (κ1) is 20.4. The normalized spacial score (nSPS) is 12.0. The summed E-state index contributed by atoms with van der Waals surface area (Å²) in [5.41, 5.74) is 2.17. The van der Waals surface area contributed by atoms with Crippen LogP contribution >= 0.6 is 23.4 Å². The summed E-state index contributed by atoms with van der Waals surface area (Å²) in [6.45, 7) is 5.48. The molecule has 0 fully saturated rings. The Balaban J connectivity index is 1.57. The van der Waals surface area contributed by atoms with Crippen LogP contribution in [0.2, 0.25) is 5.02 Å². The molecular formula is C21H23ClN4OS. The van der Waals surface area contributed by atoms with Crippen LogP contribution in [0.3, 0.4) is 0 Å². The maximum absolute atomic E-state index is 12.3. The van der Waals surface area contributed by atoms with E-state index in [2.05, 4.69) is 34.6 Å². The number of rotatable bonds is 8. The molecule has 0 saturated carbocycles. The molecule has 1 atom stereocenters. The summed E-state index contributed by atoms with van der Waals surface area (Å²) in [6.07, 6.45) is 0. The lowest BCUT2D eigenvalue weighted by Gasteiger charge is -2.13. The Kier molecular flexibility index (Phi) is 7.12. The predicted molar refractivity (Wildman–Crippen MR) is 115 cm³/mol. The van der Waals surface area contributed by atoms with Gasteiger partial charge in [-0.15, -0.1) is 10.2 Å². The van der Waals surface area contributed by atoms with E-state index in [1.165, 1.54) is 17.3 Å². The molecule has 0 aliphatic carbocycles. The van der Waals surface area contributed by atoms with Crippen LogP contribution in [0.25, 0.3) is 11.4 Å². The van der Waals surface area contributed by atoms with Gasteiger partial charge in [-0.05, 0) is 42.7 Å². The average molecular weight is 415 g/mol. The van der Waals surface area contributed by atoms with Crippen LogP contribution < -0.4 is 5.32 Å². The molecule has 2 aromatic carbocycles. The monoisotopic (exact) mass is 414 g/mol. The summed E-state index contributed by atoms with van der Waals surface area (Å²) in [7, 11) is 0. The molecule has 7 heteroatoms. The Bertz CT molecular complexity index is 912. The van der Waals surface area contributed by atoms with Gasteiger partial charge in [-0.25, -0.2) is 0 Å². The number of halogens is 1. The minimum atomic E-state index is -0.00789. The smallest absolute Gasteiger partial charge is 0.230 e. The third-order valence-corrected chi connectivity index (χ3v) is 5.66. The van der Waals surface area contributed by atoms with Crippen LogP contribution in [0.5, 0.6) is 0 Å². The number of hydrogen-bond donors (Lipinski definition) is 1. The van der Waals surface area contributed by atoms with Gasteiger partial charge in [0.25, 0.3) is 0 Å². The molecule has 0 saturated heterocycles. The van der Waals surface area contributed by atoms with Gasteiger partial charge in [0.15, 0.2) is 11.0 Å². The van der Waals surface area contributed by atoms with Gasteiger partial charge in [0.1, 0.15) is 0 Å². The molecular weight excluding hydrogens is 392 g/mol. The lowest BCUT2D eigenvalue weighted by Crippen LogP contribution is -2.29. The zero-order valence-electron chi connectivity index (χ0n) is 15.9. The number of nitrogens with zero attached hydrogens (tertiary/aromatic N) is 3. The van der Waals surface area contributed by atoms with Crippen molar-refractivity contribution in [2.75, 3.05) is 12.3 Å². The molecule has 146 valence electrons. The minimum absolute atomic E-state index is 0.00789. The quantitative estimate of drug-likeness (QED) is 0.546. The molecule has 1 unspecified atom stereocenters.